The Bertz CT molecular complexity index is 638. The first-order valence-corrected chi connectivity index (χ1v) is 6.63. The third-order valence-corrected chi connectivity index (χ3v) is 3.18. The molecule has 1 N–H and O–H groups in total. The summed E-state index contributed by atoms with van der Waals surface area (Å²) >= 11 is 11.5. The Kier molecular flexibility index (Phi) is 5.20. The largest absolute Gasteiger partial charge is 0.433 e. The molecule has 0 fully saturated rings. The van der Waals surface area contributed by atoms with Gasteiger partial charge in [-0.15, -0.1) is 0 Å². The second kappa shape index (κ2) is 6.91. The molecule has 21 heavy (non-hydrogen) atoms. The minimum Gasteiger partial charge on any atom is -0.433 e. The minimum absolute atomic E-state index is 0.0388. The number of halogens is 5. The van der Waals surface area contributed by atoms with Crippen molar-refractivity contribution in [2.75, 3.05) is 5.32 Å². The highest BCUT2D eigenvalue weighted by molar-refractivity contribution is 6.32. The zero-order valence-corrected chi connectivity index (χ0v) is 12.1. The van der Waals surface area contributed by atoms with E-state index in [1.807, 2.05) is 0 Å². The molecule has 0 saturated carbocycles. The molecule has 0 saturated heterocycles. The first-order chi connectivity index (χ1) is 9.95. The quantitative estimate of drug-likeness (QED) is 0.795. The van der Waals surface area contributed by atoms with Crippen LogP contribution in [-0.4, -0.2) is 6.61 Å². The Morgan fingerprint density at radius 1 is 1.10 bits per heavy atom. The molecule has 0 amide bonds. The van der Waals surface area contributed by atoms with Crippen LogP contribution in [-0.2, 0) is 6.54 Å². The first kappa shape index (κ1) is 15.8. The van der Waals surface area contributed by atoms with E-state index in [2.05, 4.69) is 10.1 Å². The van der Waals surface area contributed by atoms with Crippen molar-refractivity contribution >= 4 is 28.9 Å². The van der Waals surface area contributed by atoms with Crippen molar-refractivity contribution in [2.45, 2.75) is 13.2 Å². The Morgan fingerprint density at radius 3 is 2.48 bits per heavy atom. The van der Waals surface area contributed by atoms with E-state index in [1.54, 1.807) is 12.1 Å². The van der Waals surface area contributed by atoms with Gasteiger partial charge in [-0.3, -0.25) is 0 Å². The summed E-state index contributed by atoms with van der Waals surface area (Å²) in [6.07, 6.45) is 0. The van der Waals surface area contributed by atoms with Gasteiger partial charge in [0.05, 0.1) is 5.02 Å². The van der Waals surface area contributed by atoms with E-state index in [-0.39, 0.29) is 17.3 Å². The van der Waals surface area contributed by atoms with Gasteiger partial charge in [0, 0.05) is 22.8 Å². The topological polar surface area (TPSA) is 21.3 Å². The summed E-state index contributed by atoms with van der Waals surface area (Å²) in [6.45, 7) is -2.74. The monoisotopic (exact) mass is 335 g/mol. The molecule has 0 aliphatic rings. The van der Waals surface area contributed by atoms with Crippen LogP contribution in [0.15, 0.2) is 36.4 Å². The lowest BCUT2D eigenvalue weighted by atomic mass is 10.2. The number of ether oxygens (including phenoxy) is 1. The maximum absolute atomic E-state index is 13.6. The molecule has 0 bridgehead atoms. The Balaban J connectivity index is 2.05. The van der Waals surface area contributed by atoms with Crippen LogP contribution in [0.25, 0.3) is 0 Å². The van der Waals surface area contributed by atoms with Crippen molar-refractivity contribution in [1.29, 1.82) is 0 Å². The molecular weight excluding hydrogens is 326 g/mol. The van der Waals surface area contributed by atoms with Gasteiger partial charge in [0.2, 0.25) is 0 Å². The zero-order valence-electron chi connectivity index (χ0n) is 10.5. The first-order valence-electron chi connectivity index (χ1n) is 5.88. The van der Waals surface area contributed by atoms with Crippen molar-refractivity contribution in [3.63, 3.8) is 0 Å². The van der Waals surface area contributed by atoms with Gasteiger partial charge >= 0.3 is 6.61 Å². The molecule has 0 aliphatic carbocycles. The van der Waals surface area contributed by atoms with Gasteiger partial charge in [-0.25, -0.2) is 4.39 Å². The van der Waals surface area contributed by atoms with Gasteiger partial charge in [-0.05, 0) is 30.3 Å². The average molecular weight is 336 g/mol. The molecule has 2 aromatic rings. The fraction of sp³-hybridized carbons (Fsp3) is 0.143. The van der Waals surface area contributed by atoms with E-state index in [0.29, 0.717) is 16.3 Å². The summed E-state index contributed by atoms with van der Waals surface area (Å²) in [6, 6.07) is 8.60. The molecule has 7 heteroatoms. The number of anilines is 1. The normalized spacial score (nSPS) is 10.8. The summed E-state index contributed by atoms with van der Waals surface area (Å²) in [5.41, 5.74) is 0.972. The molecule has 0 spiro atoms. The third kappa shape index (κ3) is 4.44. The lowest BCUT2D eigenvalue weighted by molar-refractivity contribution is -0.0497. The zero-order chi connectivity index (χ0) is 15.4. The Labute approximate surface area is 129 Å². The lowest BCUT2D eigenvalue weighted by Crippen LogP contribution is -2.04. The van der Waals surface area contributed by atoms with Gasteiger partial charge in [0.15, 0.2) is 0 Å². The standard InChI is InChI=1S/C14H10Cl2F3NO/c15-9-2-1-8(12(17)5-9)7-20-10-3-4-13(11(16)6-10)21-14(18)19/h1-6,14,20H,7H2. The molecule has 0 aromatic heterocycles. The van der Waals surface area contributed by atoms with E-state index < -0.39 is 12.4 Å². The van der Waals surface area contributed by atoms with Crippen LogP contribution >= 0.6 is 23.2 Å². The smallest absolute Gasteiger partial charge is 0.387 e. The minimum atomic E-state index is -2.94. The summed E-state index contributed by atoms with van der Waals surface area (Å²) in [5.74, 6) is -0.548. The van der Waals surface area contributed by atoms with Crippen LogP contribution in [0.1, 0.15) is 5.56 Å². The molecule has 0 aliphatic heterocycles. The van der Waals surface area contributed by atoms with Crippen LogP contribution in [0.5, 0.6) is 5.75 Å². The summed E-state index contributed by atoms with van der Waals surface area (Å²) in [5, 5.41) is 3.28. The number of hydrogen-bond acceptors (Lipinski definition) is 2. The van der Waals surface area contributed by atoms with E-state index in [1.165, 1.54) is 24.3 Å². The highest BCUT2D eigenvalue weighted by Gasteiger charge is 2.09. The van der Waals surface area contributed by atoms with Gasteiger partial charge in [0.25, 0.3) is 0 Å². The van der Waals surface area contributed by atoms with Crippen LogP contribution < -0.4 is 10.1 Å². The SMILES string of the molecule is Fc1cc(Cl)ccc1CNc1ccc(OC(F)F)c(Cl)c1. The molecule has 0 radical (unpaired) electrons. The molecule has 112 valence electrons. The van der Waals surface area contributed by atoms with Gasteiger partial charge < -0.3 is 10.1 Å². The van der Waals surface area contributed by atoms with E-state index in [9.17, 15) is 13.2 Å². The number of rotatable bonds is 5. The van der Waals surface area contributed by atoms with Crippen molar-refractivity contribution in [3.8, 4) is 5.75 Å². The van der Waals surface area contributed by atoms with Crippen LogP contribution in [0.3, 0.4) is 0 Å². The van der Waals surface area contributed by atoms with E-state index in [0.717, 1.165) is 0 Å². The number of nitrogens with one attached hydrogen (secondary N) is 1. The molecule has 2 aromatic carbocycles. The molecule has 2 nitrogen and oxygen atoms in total. The maximum Gasteiger partial charge on any atom is 0.387 e. The number of benzene rings is 2. The predicted molar refractivity (Wildman–Crippen MR) is 76.8 cm³/mol. The van der Waals surface area contributed by atoms with Gasteiger partial charge in [0.1, 0.15) is 11.6 Å². The molecule has 0 atom stereocenters. The summed E-state index contributed by atoms with van der Waals surface area (Å²) in [7, 11) is 0. The summed E-state index contributed by atoms with van der Waals surface area (Å²) < 4.78 is 42.0. The van der Waals surface area contributed by atoms with Crippen molar-refractivity contribution in [2.24, 2.45) is 0 Å². The number of alkyl halides is 2. The fourth-order valence-corrected chi connectivity index (χ4v) is 2.05. The van der Waals surface area contributed by atoms with Crippen molar-refractivity contribution in [1.82, 2.24) is 0 Å². The van der Waals surface area contributed by atoms with Crippen LogP contribution in [0.4, 0.5) is 18.9 Å². The maximum atomic E-state index is 13.6. The Morgan fingerprint density at radius 2 is 1.86 bits per heavy atom. The van der Waals surface area contributed by atoms with Crippen LogP contribution in [0.2, 0.25) is 10.0 Å². The number of hydrogen-bond donors (Lipinski definition) is 1. The van der Waals surface area contributed by atoms with E-state index in [4.69, 9.17) is 23.2 Å². The molecular formula is C14H10Cl2F3NO. The highest BCUT2D eigenvalue weighted by Crippen LogP contribution is 2.29. The van der Waals surface area contributed by atoms with Gasteiger partial charge in [-0.1, -0.05) is 29.3 Å². The van der Waals surface area contributed by atoms with E-state index >= 15 is 0 Å². The lowest BCUT2D eigenvalue weighted by Gasteiger charge is -2.11. The Hall–Kier alpha value is -1.59. The average Bonchev–Trinajstić information content (AvgIpc) is 2.40. The second-order valence-corrected chi connectivity index (χ2v) is 4.96. The summed E-state index contributed by atoms with van der Waals surface area (Å²) in [4.78, 5) is 0. The molecule has 0 heterocycles. The third-order valence-electron chi connectivity index (χ3n) is 2.65. The fourth-order valence-electron chi connectivity index (χ4n) is 1.66. The second-order valence-electron chi connectivity index (χ2n) is 4.11. The van der Waals surface area contributed by atoms with Crippen molar-refractivity contribution in [3.05, 3.63) is 57.8 Å². The molecule has 0 unspecified atom stereocenters. The highest BCUT2D eigenvalue weighted by atomic mass is 35.5. The predicted octanol–water partition coefficient (Wildman–Crippen LogP) is 5.35. The van der Waals surface area contributed by atoms with Crippen LogP contribution in [0, 0.1) is 5.82 Å². The van der Waals surface area contributed by atoms with Gasteiger partial charge in [-0.2, -0.15) is 8.78 Å². The van der Waals surface area contributed by atoms with Crippen molar-refractivity contribution < 1.29 is 17.9 Å². The molecule has 2 rings (SSSR count).